The third-order valence-electron chi connectivity index (χ3n) is 1.96. The number of hydrogen-bond donors (Lipinski definition) is 2. The van der Waals surface area contributed by atoms with E-state index < -0.39 is 0 Å². The highest BCUT2D eigenvalue weighted by Gasteiger charge is 2.19. The van der Waals surface area contributed by atoms with Crippen LogP contribution in [0.4, 0.5) is 0 Å². The number of nitrogens with two attached hydrogens (primary N) is 1. The first-order valence-corrected chi connectivity index (χ1v) is 4.54. The van der Waals surface area contributed by atoms with Crippen molar-refractivity contribution in [3.05, 3.63) is 0 Å². The first-order chi connectivity index (χ1) is 4.34. The zero-order valence-corrected chi connectivity index (χ0v) is 7.60. The average Bonchev–Trinajstić information content (AvgIpc) is 1.89. The average molecular weight is 240 g/mol. The molecular formula is C6H13IN2. The van der Waals surface area contributed by atoms with Crippen molar-refractivity contribution in [2.24, 2.45) is 5.73 Å². The molecule has 0 amide bonds. The van der Waals surface area contributed by atoms with Crippen molar-refractivity contribution >= 4 is 22.9 Å². The van der Waals surface area contributed by atoms with E-state index in [1.54, 1.807) is 0 Å². The monoisotopic (exact) mass is 240 g/mol. The van der Waals surface area contributed by atoms with Gasteiger partial charge in [-0.3, -0.25) is 3.53 Å². The van der Waals surface area contributed by atoms with Gasteiger partial charge < -0.3 is 5.73 Å². The molecule has 1 aliphatic rings. The van der Waals surface area contributed by atoms with E-state index >= 15 is 0 Å². The fourth-order valence-electron chi connectivity index (χ4n) is 1.30. The Bertz CT molecular complexity index is 87.1. The van der Waals surface area contributed by atoms with Gasteiger partial charge in [0.25, 0.3) is 0 Å². The predicted molar refractivity (Wildman–Crippen MR) is 47.4 cm³/mol. The number of rotatable bonds is 1. The molecule has 2 atom stereocenters. The van der Waals surface area contributed by atoms with E-state index in [1.807, 2.05) is 0 Å². The molecule has 2 nitrogen and oxygen atoms in total. The van der Waals surface area contributed by atoms with Crippen LogP contribution in [0.1, 0.15) is 25.7 Å². The van der Waals surface area contributed by atoms with Crippen molar-refractivity contribution in [2.75, 3.05) is 0 Å². The molecule has 1 fully saturated rings. The highest BCUT2D eigenvalue weighted by Crippen LogP contribution is 2.17. The zero-order chi connectivity index (χ0) is 6.69. The Hall–Kier alpha value is 0.650. The molecule has 2 unspecified atom stereocenters. The first kappa shape index (κ1) is 7.75. The second kappa shape index (κ2) is 3.73. The first-order valence-electron chi connectivity index (χ1n) is 3.46. The summed E-state index contributed by atoms with van der Waals surface area (Å²) in [5.41, 5.74) is 5.82. The molecule has 0 heterocycles. The largest absolute Gasteiger partial charge is 0.326 e. The van der Waals surface area contributed by atoms with E-state index in [1.165, 1.54) is 25.7 Å². The molecule has 0 saturated heterocycles. The Balaban J connectivity index is 2.30. The van der Waals surface area contributed by atoms with E-state index in [0.29, 0.717) is 12.1 Å². The van der Waals surface area contributed by atoms with Gasteiger partial charge in [-0.2, -0.15) is 0 Å². The van der Waals surface area contributed by atoms with Crippen molar-refractivity contribution in [1.82, 2.24) is 3.53 Å². The molecule has 9 heavy (non-hydrogen) atoms. The highest BCUT2D eigenvalue weighted by atomic mass is 127. The minimum Gasteiger partial charge on any atom is -0.326 e. The lowest BCUT2D eigenvalue weighted by Crippen LogP contribution is -2.43. The van der Waals surface area contributed by atoms with Gasteiger partial charge in [0.05, 0.1) is 0 Å². The maximum Gasteiger partial charge on any atom is 0.0314 e. The molecule has 3 heteroatoms. The second-order valence-corrected chi connectivity index (χ2v) is 3.29. The number of hydrogen-bond acceptors (Lipinski definition) is 2. The molecule has 0 aromatic heterocycles. The molecular weight excluding hydrogens is 227 g/mol. The quantitative estimate of drug-likeness (QED) is 0.533. The van der Waals surface area contributed by atoms with Crippen molar-refractivity contribution in [1.29, 1.82) is 0 Å². The van der Waals surface area contributed by atoms with Gasteiger partial charge in [0.15, 0.2) is 0 Å². The van der Waals surface area contributed by atoms with Crippen LogP contribution in [0.5, 0.6) is 0 Å². The lowest BCUT2D eigenvalue weighted by molar-refractivity contribution is 0.374. The SMILES string of the molecule is NC1CCCCC1NI. The van der Waals surface area contributed by atoms with E-state index in [4.69, 9.17) is 5.73 Å². The molecule has 0 spiro atoms. The third-order valence-corrected chi connectivity index (χ3v) is 2.76. The molecule has 0 bridgehead atoms. The third kappa shape index (κ3) is 2.05. The van der Waals surface area contributed by atoms with Crippen LogP contribution in [-0.2, 0) is 0 Å². The lowest BCUT2D eigenvalue weighted by atomic mass is 9.92. The summed E-state index contributed by atoms with van der Waals surface area (Å²) >= 11 is 2.19. The summed E-state index contributed by atoms with van der Waals surface area (Å²) in [7, 11) is 0. The Morgan fingerprint density at radius 3 is 2.44 bits per heavy atom. The van der Waals surface area contributed by atoms with Crippen LogP contribution in [0.15, 0.2) is 0 Å². The zero-order valence-electron chi connectivity index (χ0n) is 5.44. The topological polar surface area (TPSA) is 38.0 Å². The molecule has 0 aliphatic heterocycles. The summed E-state index contributed by atoms with van der Waals surface area (Å²) < 4.78 is 3.20. The lowest BCUT2D eigenvalue weighted by Gasteiger charge is -2.26. The normalized spacial score (nSPS) is 36.7. The van der Waals surface area contributed by atoms with Crippen LogP contribution in [0.2, 0.25) is 0 Å². The Morgan fingerprint density at radius 1 is 1.33 bits per heavy atom. The van der Waals surface area contributed by atoms with Gasteiger partial charge in [-0.05, 0) is 12.8 Å². The standard InChI is InChI=1S/C6H13IN2/c7-9-6-4-2-1-3-5(6)8/h5-6,9H,1-4,8H2. The van der Waals surface area contributed by atoms with Crippen LogP contribution in [0.3, 0.4) is 0 Å². The predicted octanol–water partition coefficient (Wildman–Crippen LogP) is 1.20. The molecule has 1 rings (SSSR count). The van der Waals surface area contributed by atoms with Crippen molar-refractivity contribution in [2.45, 2.75) is 37.8 Å². The van der Waals surface area contributed by atoms with Crippen LogP contribution in [-0.4, -0.2) is 12.1 Å². The summed E-state index contributed by atoms with van der Waals surface area (Å²) in [6, 6.07) is 0.968. The van der Waals surface area contributed by atoms with Crippen molar-refractivity contribution < 1.29 is 0 Å². The summed E-state index contributed by atoms with van der Waals surface area (Å²) in [6.07, 6.45) is 5.11. The Morgan fingerprint density at radius 2 is 2.00 bits per heavy atom. The Labute approximate surface area is 70.1 Å². The fourth-order valence-corrected chi connectivity index (χ4v) is 2.07. The van der Waals surface area contributed by atoms with Gasteiger partial charge in [-0.1, -0.05) is 12.8 Å². The van der Waals surface area contributed by atoms with Crippen LogP contribution >= 0.6 is 22.9 Å². The van der Waals surface area contributed by atoms with E-state index in [2.05, 4.69) is 26.4 Å². The summed E-state index contributed by atoms with van der Waals surface area (Å²) in [5, 5.41) is 0. The molecule has 1 saturated carbocycles. The highest BCUT2D eigenvalue weighted by molar-refractivity contribution is 14.1. The van der Waals surface area contributed by atoms with Crippen LogP contribution in [0, 0.1) is 0 Å². The minimum absolute atomic E-state index is 0.399. The molecule has 0 aromatic rings. The molecule has 1 aliphatic carbocycles. The smallest absolute Gasteiger partial charge is 0.0314 e. The van der Waals surface area contributed by atoms with E-state index in [-0.39, 0.29) is 0 Å². The Kier molecular flexibility index (Phi) is 3.21. The van der Waals surface area contributed by atoms with Gasteiger partial charge in [-0.15, -0.1) is 0 Å². The van der Waals surface area contributed by atoms with Gasteiger partial charge in [0.1, 0.15) is 0 Å². The van der Waals surface area contributed by atoms with E-state index in [0.717, 1.165) is 0 Å². The molecule has 54 valence electrons. The minimum atomic E-state index is 0.399. The second-order valence-electron chi connectivity index (χ2n) is 2.66. The van der Waals surface area contributed by atoms with Crippen molar-refractivity contribution in [3.63, 3.8) is 0 Å². The summed E-state index contributed by atoms with van der Waals surface area (Å²) in [6.45, 7) is 0. The van der Waals surface area contributed by atoms with Crippen molar-refractivity contribution in [3.8, 4) is 0 Å². The van der Waals surface area contributed by atoms with Crippen LogP contribution < -0.4 is 9.26 Å². The maximum absolute atomic E-state index is 5.82. The van der Waals surface area contributed by atoms with Gasteiger partial charge in [0, 0.05) is 34.9 Å². The summed E-state index contributed by atoms with van der Waals surface area (Å²) in [5.74, 6) is 0. The summed E-state index contributed by atoms with van der Waals surface area (Å²) in [4.78, 5) is 0. The number of nitrogens with one attached hydrogen (secondary N) is 1. The maximum atomic E-state index is 5.82. The van der Waals surface area contributed by atoms with Gasteiger partial charge >= 0.3 is 0 Å². The van der Waals surface area contributed by atoms with E-state index in [9.17, 15) is 0 Å². The van der Waals surface area contributed by atoms with Crippen LogP contribution in [0.25, 0.3) is 0 Å². The fraction of sp³-hybridized carbons (Fsp3) is 1.00. The van der Waals surface area contributed by atoms with Gasteiger partial charge in [0.2, 0.25) is 0 Å². The van der Waals surface area contributed by atoms with Gasteiger partial charge in [-0.25, -0.2) is 0 Å². The molecule has 0 aromatic carbocycles. The molecule has 0 radical (unpaired) electrons. The molecule has 3 N–H and O–H groups in total. The number of halogens is 1.